The van der Waals surface area contributed by atoms with E-state index in [-0.39, 0.29) is 12.4 Å². The molecule has 0 aliphatic heterocycles. The molecule has 0 aromatic rings. The minimum atomic E-state index is -1.11. The van der Waals surface area contributed by atoms with Crippen molar-refractivity contribution < 1.29 is 19.4 Å². The maximum absolute atomic E-state index is 11.5. The van der Waals surface area contributed by atoms with Crippen molar-refractivity contribution in [3.05, 3.63) is 0 Å². The zero-order valence-electron chi connectivity index (χ0n) is 11.7. The van der Waals surface area contributed by atoms with Crippen molar-refractivity contribution in [3.8, 4) is 0 Å². The van der Waals surface area contributed by atoms with Gasteiger partial charge < -0.3 is 20.5 Å². The zero-order valence-corrected chi connectivity index (χ0v) is 13.9. The standard InChI is InChI=1S/C11H21IN4O4/c1-11(2,3)20-10(19)15-7(8(17)18)5-4-6-14-9(13)16-12/h7H,4-6H2,1-3H3,(H,15,19)(H,17,18)(H3,13,14,16)/t7-/m1/s1. The molecule has 8 nitrogen and oxygen atoms in total. The number of guanidine groups is 1. The van der Waals surface area contributed by atoms with Crippen LogP contribution in [0.2, 0.25) is 0 Å². The predicted octanol–water partition coefficient (Wildman–Crippen LogP) is 1.21. The number of halogens is 1. The highest BCUT2D eigenvalue weighted by atomic mass is 127. The van der Waals surface area contributed by atoms with Crippen LogP contribution in [0.1, 0.15) is 33.6 Å². The lowest BCUT2D eigenvalue weighted by atomic mass is 10.1. The Labute approximate surface area is 132 Å². The van der Waals surface area contributed by atoms with Crippen molar-refractivity contribution in [2.75, 3.05) is 6.54 Å². The van der Waals surface area contributed by atoms with E-state index >= 15 is 0 Å². The zero-order chi connectivity index (χ0) is 15.8. The summed E-state index contributed by atoms with van der Waals surface area (Å²) in [6.45, 7) is 5.55. The molecular weight excluding hydrogens is 379 g/mol. The molecule has 1 atom stereocenters. The van der Waals surface area contributed by atoms with Gasteiger partial charge in [-0.25, -0.2) is 9.59 Å². The third-order valence-electron chi connectivity index (χ3n) is 2.05. The summed E-state index contributed by atoms with van der Waals surface area (Å²) in [6.07, 6.45) is -0.0108. The smallest absolute Gasteiger partial charge is 0.408 e. The van der Waals surface area contributed by atoms with E-state index < -0.39 is 23.7 Å². The van der Waals surface area contributed by atoms with E-state index in [2.05, 4.69) is 14.2 Å². The van der Waals surface area contributed by atoms with Gasteiger partial charge >= 0.3 is 12.1 Å². The Bertz CT molecular complexity index is 357. The summed E-state index contributed by atoms with van der Waals surface area (Å²) in [7, 11) is 0. The van der Waals surface area contributed by atoms with Crippen molar-refractivity contribution in [3.63, 3.8) is 0 Å². The van der Waals surface area contributed by atoms with E-state index in [1.165, 1.54) is 0 Å². The first-order valence-corrected chi connectivity index (χ1v) is 7.15. The van der Waals surface area contributed by atoms with Gasteiger partial charge in [-0.05, 0) is 33.6 Å². The Balaban J connectivity index is 4.15. The van der Waals surface area contributed by atoms with Gasteiger partial charge in [0.25, 0.3) is 0 Å². The number of carboxylic acid groups (broad SMARTS) is 1. The lowest BCUT2D eigenvalue weighted by Gasteiger charge is -2.22. The van der Waals surface area contributed by atoms with Crippen LogP contribution in [0.15, 0.2) is 0 Å². The third-order valence-corrected chi connectivity index (χ3v) is 2.59. The number of amides is 1. The number of aliphatic carboxylic acids is 1. The number of ether oxygens (including phenoxy) is 1. The number of rotatable bonds is 6. The topological polar surface area (TPSA) is 124 Å². The lowest BCUT2D eigenvalue weighted by molar-refractivity contribution is -0.139. The first kappa shape index (κ1) is 18.7. The molecule has 0 spiro atoms. The quantitative estimate of drug-likeness (QED) is 0.150. The first-order valence-electron chi connectivity index (χ1n) is 6.07. The number of carbonyl (C=O) groups is 2. The molecule has 0 aliphatic carbocycles. The van der Waals surface area contributed by atoms with Gasteiger partial charge in [0, 0.05) is 6.54 Å². The van der Waals surface area contributed by atoms with E-state index in [4.69, 9.17) is 15.3 Å². The molecule has 0 bridgehead atoms. The third kappa shape index (κ3) is 9.64. The van der Waals surface area contributed by atoms with Crippen LogP contribution in [0.3, 0.4) is 0 Å². The normalized spacial score (nSPS) is 12.2. The lowest BCUT2D eigenvalue weighted by Crippen LogP contribution is -2.44. The summed E-state index contributed by atoms with van der Waals surface area (Å²) in [5.41, 5.74) is -0.671. The number of alkyl carbamates (subject to hydrolysis) is 1. The van der Waals surface area contributed by atoms with Crippen LogP contribution < -0.4 is 14.2 Å². The Hall–Kier alpha value is -1.26. The van der Waals surface area contributed by atoms with Gasteiger partial charge in [0.15, 0.2) is 5.96 Å². The van der Waals surface area contributed by atoms with Crippen molar-refractivity contribution in [1.82, 2.24) is 14.2 Å². The van der Waals surface area contributed by atoms with Gasteiger partial charge in [0.1, 0.15) is 11.6 Å². The minimum Gasteiger partial charge on any atom is -0.480 e. The average molecular weight is 400 g/mol. The molecule has 0 heterocycles. The molecule has 0 aromatic carbocycles. The van der Waals surface area contributed by atoms with E-state index in [9.17, 15) is 9.59 Å². The molecule has 0 saturated heterocycles. The highest BCUT2D eigenvalue weighted by molar-refractivity contribution is 14.1. The van der Waals surface area contributed by atoms with Crippen LogP contribution >= 0.6 is 22.9 Å². The summed E-state index contributed by atoms with van der Waals surface area (Å²) in [4.78, 5) is 22.5. The van der Waals surface area contributed by atoms with Gasteiger partial charge in [-0.3, -0.25) is 8.94 Å². The van der Waals surface area contributed by atoms with E-state index in [1.807, 2.05) is 22.9 Å². The summed E-state index contributed by atoms with van der Waals surface area (Å²) in [5.74, 6) is -0.962. The summed E-state index contributed by atoms with van der Waals surface area (Å²) in [5, 5.41) is 21.4. The molecular formula is C11H21IN4O4. The van der Waals surface area contributed by atoms with Gasteiger partial charge in [0.2, 0.25) is 0 Å². The molecule has 1 amide bonds. The second-order valence-corrected chi connectivity index (χ2v) is 5.61. The summed E-state index contributed by atoms with van der Waals surface area (Å²) >= 11 is 1.81. The average Bonchev–Trinajstić information content (AvgIpc) is 2.29. The van der Waals surface area contributed by atoms with Crippen LogP contribution in [-0.4, -0.2) is 41.3 Å². The highest BCUT2D eigenvalue weighted by Crippen LogP contribution is 2.07. The van der Waals surface area contributed by atoms with Crippen molar-refractivity contribution in [2.45, 2.75) is 45.3 Å². The summed E-state index contributed by atoms with van der Waals surface area (Å²) in [6, 6.07) is -1.01. The maximum atomic E-state index is 11.5. The maximum Gasteiger partial charge on any atom is 0.408 e. The van der Waals surface area contributed by atoms with Gasteiger partial charge in [0.05, 0.1) is 22.9 Å². The molecule has 5 N–H and O–H groups in total. The van der Waals surface area contributed by atoms with Crippen LogP contribution in [0.5, 0.6) is 0 Å². The molecule has 0 aromatic heterocycles. The molecule has 116 valence electrons. The largest absolute Gasteiger partial charge is 0.480 e. The van der Waals surface area contributed by atoms with Crippen LogP contribution in [0.4, 0.5) is 4.79 Å². The van der Waals surface area contributed by atoms with Crippen molar-refractivity contribution >= 4 is 40.9 Å². The second-order valence-electron chi connectivity index (χ2n) is 5.08. The predicted molar refractivity (Wildman–Crippen MR) is 82.9 cm³/mol. The van der Waals surface area contributed by atoms with E-state index in [0.717, 1.165) is 0 Å². The molecule has 0 aliphatic rings. The van der Waals surface area contributed by atoms with Crippen molar-refractivity contribution in [1.29, 1.82) is 5.41 Å². The van der Waals surface area contributed by atoms with Gasteiger partial charge in [-0.1, -0.05) is 0 Å². The fraction of sp³-hybridized carbons (Fsp3) is 0.727. The fourth-order valence-electron chi connectivity index (χ4n) is 1.26. The first-order chi connectivity index (χ1) is 9.15. The number of carboxylic acids is 1. The van der Waals surface area contributed by atoms with E-state index in [1.54, 1.807) is 20.8 Å². The SMILES string of the molecule is CC(C)(C)OC(=O)N[C@H](CCCNC(=N)NI)C(=O)O. The molecule has 0 rings (SSSR count). The Morgan fingerprint density at radius 3 is 2.45 bits per heavy atom. The Kier molecular flexibility index (Phi) is 8.26. The van der Waals surface area contributed by atoms with Crippen LogP contribution in [0, 0.1) is 5.41 Å². The van der Waals surface area contributed by atoms with Crippen LogP contribution in [-0.2, 0) is 9.53 Å². The van der Waals surface area contributed by atoms with E-state index in [0.29, 0.717) is 13.0 Å². The number of hydrogen-bond donors (Lipinski definition) is 5. The monoisotopic (exact) mass is 400 g/mol. The summed E-state index contributed by atoms with van der Waals surface area (Å²) < 4.78 is 7.58. The molecule has 0 saturated carbocycles. The number of hydrogen-bond acceptors (Lipinski definition) is 4. The Morgan fingerprint density at radius 2 is 2.00 bits per heavy atom. The van der Waals surface area contributed by atoms with Gasteiger partial charge in [-0.15, -0.1) is 0 Å². The highest BCUT2D eigenvalue weighted by Gasteiger charge is 2.23. The molecule has 0 fully saturated rings. The molecule has 9 heteroatoms. The second kappa shape index (κ2) is 8.82. The number of nitrogens with one attached hydrogen (secondary N) is 4. The van der Waals surface area contributed by atoms with Crippen LogP contribution in [0.25, 0.3) is 0 Å². The fourth-order valence-corrected chi connectivity index (χ4v) is 1.45. The molecule has 0 unspecified atom stereocenters. The molecule has 20 heavy (non-hydrogen) atoms. The number of carbonyl (C=O) groups excluding carboxylic acids is 1. The minimum absolute atomic E-state index is 0.151. The Morgan fingerprint density at radius 1 is 1.40 bits per heavy atom. The van der Waals surface area contributed by atoms with Crippen molar-refractivity contribution in [2.24, 2.45) is 0 Å². The molecule has 0 radical (unpaired) electrons. The van der Waals surface area contributed by atoms with Gasteiger partial charge in [-0.2, -0.15) is 0 Å².